The molecular formula is C13H26OSi. The molecule has 0 bridgehead atoms. The van der Waals surface area contributed by atoms with Gasteiger partial charge in [-0.1, -0.05) is 26.3 Å². The lowest BCUT2D eigenvalue weighted by atomic mass is 10.2. The van der Waals surface area contributed by atoms with E-state index >= 15 is 0 Å². The van der Waals surface area contributed by atoms with Crippen molar-refractivity contribution in [2.24, 2.45) is 0 Å². The summed E-state index contributed by atoms with van der Waals surface area (Å²) in [7, 11) is -1.43. The molecule has 0 aliphatic rings. The minimum Gasteiger partial charge on any atom is -0.549 e. The molecule has 2 heteroatoms. The van der Waals surface area contributed by atoms with E-state index in [-0.39, 0.29) is 0 Å². The second kappa shape index (κ2) is 6.89. The molecule has 0 unspecified atom stereocenters. The molecule has 0 heterocycles. The van der Waals surface area contributed by atoms with Gasteiger partial charge in [0.25, 0.3) is 0 Å². The van der Waals surface area contributed by atoms with Crippen LogP contribution >= 0.6 is 0 Å². The van der Waals surface area contributed by atoms with Crippen LogP contribution in [-0.4, -0.2) is 8.32 Å². The van der Waals surface area contributed by atoms with E-state index in [1.54, 1.807) is 0 Å². The molecule has 0 atom stereocenters. The summed E-state index contributed by atoms with van der Waals surface area (Å²) < 4.78 is 6.02. The first-order valence-electron chi connectivity index (χ1n) is 5.99. The highest BCUT2D eigenvalue weighted by Gasteiger charge is 2.28. The Labute approximate surface area is 96.4 Å². The lowest BCUT2D eigenvalue weighted by molar-refractivity contribution is 0.457. The summed E-state index contributed by atoms with van der Waals surface area (Å²) in [5.41, 5.74) is 2.66. The molecule has 0 aliphatic carbocycles. The fourth-order valence-corrected chi connectivity index (χ4v) is 3.80. The van der Waals surface area contributed by atoms with Crippen LogP contribution in [0, 0.1) is 0 Å². The Morgan fingerprint density at radius 2 is 1.47 bits per heavy atom. The Morgan fingerprint density at radius 1 is 1.00 bits per heavy atom. The van der Waals surface area contributed by atoms with Crippen LogP contribution in [0.25, 0.3) is 0 Å². The molecule has 0 aromatic rings. The van der Waals surface area contributed by atoms with Crippen molar-refractivity contribution in [3.05, 3.63) is 23.5 Å². The third-order valence-electron chi connectivity index (χ3n) is 3.36. The summed E-state index contributed by atoms with van der Waals surface area (Å²) in [6, 6.07) is 3.62. The molecule has 0 aromatic heterocycles. The molecule has 0 saturated heterocycles. The van der Waals surface area contributed by atoms with Crippen LogP contribution in [0.2, 0.25) is 18.1 Å². The van der Waals surface area contributed by atoms with Gasteiger partial charge in [-0.3, -0.25) is 0 Å². The van der Waals surface area contributed by atoms with E-state index in [1.807, 2.05) is 6.26 Å². The normalized spacial score (nSPS) is 11.9. The van der Waals surface area contributed by atoms with Crippen molar-refractivity contribution in [1.82, 2.24) is 0 Å². The van der Waals surface area contributed by atoms with Crippen LogP contribution in [0.1, 0.15) is 41.5 Å². The summed E-state index contributed by atoms with van der Waals surface area (Å²) in [5.74, 6) is 0. The van der Waals surface area contributed by atoms with Crippen molar-refractivity contribution in [3.63, 3.8) is 0 Å². The Morgan fingerprint density at radius 3 is 1.80 bits per heavy atom. The van der Waals surface area contributed by atoms with Crippen LogP contribution in [-0.2, 0) is 4.43 Å². The first-order chi connectivity index (χ1) is 7.01. The SMILES string of the molecule is CC[Si](CC)(CC)O/C=C/C(C)=C(C)C. The molecule has 0 rings (SSSR count). The van der Waals surface area contributed by atoms with E-state index in [4.69, 9.17) is 4.43 Å². The number of hydrogen-bond donors (Lipinski definition) is 0. The van der Waals surface area contributed by atoms with E-state index in [0.717, 1.165) is 0 Å². The first-order valence-corrected chi connectivity index (χ1v) is 8.52. The number of allylic oxidation sites excluding steroid dienone is 3. The van der Waals surface area contributed by atoms with Gasteiger partial charge in [0, 0.05) is 0 Å². The van der Waals surface area contributed by atoms with E-state index in [0.29, 0.717) is 0 Å². The largest absolute Gasteiger partial charge is 0.549 e. The van der Waals surface area contributed by atoms with Gasteiger partial charge in [-0.25, -0.2) is 0 Å². The van der Waals surface area contributed by atoms with Gasteiger partial charge in [-0.15, -0.1) is 0 Å². The second-order valence-electron chi connectivity index (χ2n) is 4.35. The lowest BCUT2D eigenvalue weighted by Crippen LogP contribution is -2.33. The van der Waals surface area contributed by atoms with Crippen molar-refractivity contribution in [2.45, 2.75) is 59.7 Å². The average molecular weight is 226 g/mol. The van der Waals surface area contributed by atoms with Crippen LogP contribution in [0.4, 0.5) is 0 Å². The van der Waals surface area contributed by atoms with E-state index in [2.05, 4.69) is 47.6 Å². The Bertz CT molecular complexity index is 225. The third-order valence-corrected chi connectivity index (χ3v) is 7.86. The molecule has 0 spiro atoms. The maximum Gasteiger partial charge on any atom is 0.249 e. The zero-order valence-electron chi connectivity index (χ0n) is 11.2. The van der Waals surface area contributed by atoms with Crippen LogP contribution in [0.3, 0.4) is 0 Å². The average Bonchev–Trinajstić information content (AvgIpc) is 2.24. The number of hydrogen-bond acceptors (Lipinski definition) is 1. The van der Waals surface area contributed by atoms with Crippen LogP contribution in [0.5, 0.6) is 0 Å². The zero-order chi connectivity index (χ0) is 11.9. The van der Waals surface area contributed by atoms with Crippen LogP contribution < -0.4 is 0 Å². The smallest absolute Gasteiger partial charge is 0.249 e. The van der Waals surface area contributed by atoms with Gasteiger partial charge in [0.05, 0.1) is 6.26 Å². The molecule has 1 nitrogen and oxygen atoms in total. The lowest BCUT2D eigenvalue weighted by Gasteiger charge is -2.26. The summed E-state index contributed by atoms with van der Waals surface area (Å²) in [6.07, 6.45) is 4.02. The van der Waals surface area contributed by atoms with Gasteiger partial charge in [0.2, 0.25) is 8.32 Å². The highest BCUT2D eigenvalue weighted by atomic mass is 28.4. The maximum absolute atomic E-state index is 6.02. The van der Waals surface area contributed by atoms with Gasteiger partial charge in [-0.05, 0) is 50.6 Å². The molecule has 88 valence electrons. The summed E-state index contributed by atoms with van der Waals surface area (Å²) in [5, 5.41) is 0. The highest BCUT2D eigenvalue weighted by molar-refractivity contribution is 6.73. The standard InChI is InChI=1S/C13H26OSi/c1-7-15(8-2,9-3)14-11-10-13(6)12(4)5/h10-11H,7-9H2,1-6H3/b11-10+. The molecule has 0 radical (unpaired) electrons. The predicted molar refractivity (Wildman–Crippen MR) is 71.5 cm³/mol. The molecule has 0 fully saturated rings. The minimum absolute atomic E-state index is 1.21. The Kier molecular flexibility index (Phi) is 6.65. The Hall–Kier alpha value is -0.503. The topological polar surface area (TPSA) is 9.23 Å². The fraction of sp³-hybridized carbons (Fsp3) is 0.692. The first kappa shape index (κ1) is 14.5. The molecule has 0 aromatic carbocycles. The second-order valence-corrected chi connectivity index (χ2v) is 9.07. The van der Waals surface area contributed by atoms with Crippen molar-refractivity contribution in [2.75, 3.05) is 0 Å². The molecule has 15 heavy (non-hydrogen) atoms. The molecule has 0 aliphatic heterocycles. The highest BCUT2D eigenvalue weighted by Crippen LogP contribution is 2.22. The number of rotatable bonds is 6. The van der Waals surface area contributed by atoms with Gasteiger partial charge in [-0.2, -0.15) is 0 Å². The minimum atomic E-state index is -1.43. The molecule has 0 saturated carbocycles. The quantitative estimate of drug-likeness (QED) is 0.356. The monoisotopic (exact) mass is 226 g/mol. The maximum atomic E-state index is 6.02. The summed E-state index contributed by atoms with van der Waals surface area (Å²) >= 11 is 0. The van der Waals surface area contributed by atoms with Gasteiger partial charge in [0.1, 0.15) is 0 Å². The third kappa shape index (κ3) is 4.69. The summed E-state index contributed by atoms with van der Waals surface area (Å²) in [6.45, 7) is 13.1. The van der Waals surface area contributed by atoms with Crippen molar-refractivity contribution >= 4 is 8.32 Å². The molecule has 0 amide bonds. The fourth-order valence-electron chi connectivity index (χ4n) is 1.45. The predicted octanol–water partition coefficient (Wildman–Crippen LogP) is 4.88. The van der Waals surface area contributed by atoms with E-state index in [1.165, 1.54) is 29.3 Å². The van der Waals surface area contributed by atoms with Gasteiger partial charge in [0.15, 0.2) is 0 Å². The molecule has 0 N–H and O–H groups in total. The summed E-state index contributed by atoms with van der Waals surface area (Å²) in [4.78, 5) is 0. The van der Waals surface area contributed by atoms with E-state index in [9.17, 15) is 0 Å². The van der Waals surface area contributed by atoms with Crippen molar-refractivity contribution in [1.29, 1.82) is 0 Å². The zero-order valence-corrected chi connectivity index (χ0v) is 12.2. The van der Waals surface area contributed by atoms with E-state index < -0.39 is 8.32 Å². The van der Waals surface area contributed by atoms with Crippen LogP contribution in [0.15, 0.2) is 23.5 Å². The van der Waals surface area contributed by atoms with Crippen molar-refractivity contribution in [3.8, 4) is 0 Å². The van der Waals surface area contributed by atoms with Gasteiger partial charge >= 0.3 is 0 Å². The molecular weight excluding hydrogens is 200 g/mol. The Balaban J connectivity index is 4.41. The van der Waals surface area contributed by atoms with Gasteiger partial charge < -0.3 is 4.43 Å². The van der Waals surface area contributed by atoms with Crippen molar-refractivity contribution < 1.29 is 4.43 Å².